The molecule has 0 aliphatic heterocycles. The van der Waals surface area contributed by atoms with Gasteiger partial charge in [-0.15, -0.1) is 0 Å². The van der Waals surface area contributed by atoms with Crippen LogP contribution < -0.4 is 0 Å². The van der Waals surface area contributed by atoms with Gasteiger partial charge in [-0.25, -0.2) is 18.2 Å². The Hall–Kier alpha value is -1.43. The molecule has 0 aromatic carbocycles. The largest absolute Gasteiger partial charge is 0.478 e. The van der Waals surface area contributed by atoms with Crippen LogP contribution in [0, 0.1) is 6.92 Å². The number of hydrogen-bond donors (Lipinski definition) is 1. The van der Waals surface area contributed by atoms with E-state index in [1.54, 1.807) is 6.92 Å². The molecule has 0 radical (unpaired) electrons. The van der Waals surface area contributed by atoms with E-state index in [1.165, 1.54) is 12.1 Å². The maximum absolute atomic E-state index is 11.9. The number of sulfone groups is 1. The molecule has 0 bridgehead atoms. The summed E-state index contributed by atoms with van der Waals surface area (Å²) in [6, 6.07) is 2.79. The minimum atomic E-state index is -3.56. The Morgan fingerprint density at radius 1 is 1.44 bits per heavy atom. The van der Waals surface area contributed by atoms with Gasteiger partial charge in [-0.05, 0) is 31.9 Å². The second-order valence-corrected chi connectivity index (χ2v) is 6.00. The Morgan fingerprint density at radius 2 is 2.06 bits per heavy atom. The van der Waals surface area contributed by atoms with Crippen LogP contribution >= 0.6 is 0 Å². The topological polar surface area (TPSA) is 84.3 Å². The average molecular weight is 241 g/mol. The van der Waals surface area contributed by atoms with Crippen LogP contribution in [0.5, 0.6) is 0 Å². The molecule has 2 rings (SSSR count). The molecule has 0 atom stereocenters. The van der Waals surface area contributed by atoms with Crippen molar-refractivity contribution in [3.63, 3.8) is 0 Å². The van der Waals surface area contributed by atoms with Gasteiger partial charge >= 0.3 is 5.97 Å². The monoisotopic (exact) mass is 241 g/mol. The molecule has 0 saturated heterocycles. The van der Waals surface area contributed by atoms with Crippen molar-refractivity contribution in [2.75, 3.05) is 0 Å². The van der Waals surface area contributed by atoms with Crippen molar-refractivity contribution in [2.45, 2.75) is 30.0 Å². The highest BCUT2D eigenvalue weighted by Gasteiger charge is 2.40. The molecule has 0 spiro atoms. The van der Waals surface area contributed by atoms with Crippen LogP contribution in [0.3, 0.4) is 0 Å². The predicted molar refractivity (Wildman–Crippen MR) is 56.1 cm³/mol. The number of pyridine rings is 1. The van der Waals surface area contributed by atoms with Gasteiger partial charge in [0.1, 0.15) is 0 Å². The van der Waals surface area contributed by atoms with E-state index in [2.05, 4.69) is 4.98 Å². The van der Waals surface area contributed by atoms with Crippen molar-refractivity contribution in [1.82, 2.24) is 4.98 Å². The number of aryl methyl sites for hydroxylation is 1. The summed E-state index contributed by atoms with van der Waals surface area (Å²) in [6.07, 6.45) is 1.19. The number of nitrogens with zero attached hydrogens (tertiary/aromatic N) is 1. The summed E-state index contributed by atoms with van der Waals surface area (Å²) in [4.78, 5) is 14.8. The quantitative estimate of drug-likeness (QED) is 0.854. The Labute approximate surface area is 93.1 Å². The van der Waals surface area contributed by atoms with Gasteiger partial charge in [0.2, 0.25) is 0 Å². The van der Waals surface area contributed by atoms with Crippen LogP contribution in [-0.4, -0.2) is 29.7 Å². The minimum absolute atomic E-state index is 0.238. The van der Waals surface area contributed by atoms with Crippen molar-refractivity contribution >= 4 is 15.8 Å². The molecule has 1 aliphatic rings. The lowest BCUT2D eigenvalue weighted by Gasteiger charge is -2.06. The standard InChI is InChI=1S/C10H11NO4S/c1-6-2-5-8(10(12)13)9(11-6)16(14,15)7-3-4-7/h2,5,7H,3-4H2,1H3,(H,12,13). The molecule has 1 saturated carbocycles. The normalized spacial score (nSPS) is 16.1. The van der Waals surface area contributed by atoms with E-state index in [0.29, 0.717) is 18.5 Å². The van der Waals surface area contributed by atoms with E-state index in [9.17, 15) is 13.2 Å². The molecule has 1 fully saturated rings. The van der Waals surface area contributed by atoms with Crippen LogP contribution in [0.4, 0.5) is 0 Å². The highest BCUT2D eigenvalue weighted by Crippen LogP contribution is 2.34. The number of carboxylic acid groups (broad SMARTS) is 1. The summed E-state index contributed by atoms with van der Waals surface area (Å²) in [7, 11) is -3.56. The van der Waals surface area contributed by atoms with Gasteiger partial charge in [-0.1, -0.05) is 0 Å². The van der Waals surface area contributed by atoms with E-state index in [-0.39, 0.29) is 10.6 Å². The highest BCUT2D eigenvalue weighted by atomic mass is 32.2. The predicted octanol–water partition coefficient (Wildman–Crippen LogP) is 1.02. The highest BCUT2D eigenvalue weighted by molar-refractivity contribution is 7.92. The zero-order valence-electron chi connectivity index (χ0n) is 8.67. The third kappa shape index (κ3) is 1.80. The van der Waals surface area contributed by atoms with Gasteiger partial charge in [-0.2, -0.15) is 0 Å². The van der Waals surface area contributed by atoms with Crippen LogP contribution in [-0.2, 0) is 9.84 Å². The molecule has 16 heavy (non-hydrogen) atoms. The van der Waals surface area contributed by atoms with Gasteiger partial charge in [0, 0.05) is 5.69 Å². The Kier molecular flexibility index (Phi) is 2.46. The Bertz CT molecular complexity index is 546. The lowest BCUT2D eigenvalue weighted by molar-refractivity contribution is 0.0691. The SMILES string of the molecule is Cc1ccc(C(=O)O)c(S(=O)(=O)C2CC2)n1. The van der Waals surface area contributed by atoms with Crippen LogP contribution in [0.15, 0.2) is 17.2 Å². The summed E-state index contributed by atoms with van der Waals surface area (Å²) in [5, 5.41) is 8.18. The van der Waals surface area contributed by atoms with E-state index in [0.717, 1.165) is 0 Å². The molecule has 0 unspecified atom stereocenters. The van der Waals surface area contributed by atoms with E-state index < -0.39 is 21.1 Å². The smallest absolute Gasteiger partial charge is 0.338 e. The first-order valence-electron chi connectivity index (χ1n) is 4.88. The van der Waals surface area contributed by atoms with Gasteiger partial charge in [0.15, 0.2) is 14.9 Å². The Morgan fingerprint density at radius 3 is 2.56 bits per heavy atom. The van der Waals surface area contributed by atoms with Gasteiger partial charge in [0.05, 0.1) is 10.8 Å². The zero-order valence-corrected chi connectivity index (χ0v) is 9.49. The summed E-state index contributed by atoms with van der Waals surface area (Å²) < 4.78 is 23.9. The summed E-state index contributed by atoms with van der Waals surface area (Å²) in [6.45, 7) is 1.64. The fourth-order valence-electron chi connectivity index (χ4n) is 1.45. The van der Waals surface area contributed by atoms with Crippen molar-refractivity contribution in [2.24, 2.45) is 0 Å². The molecule has 1 aromatic rings. The van der Waals surface area contributed by atoms with Crippen LogP contribution in [0.25, 0.3) is 0 Å². The van der Waals surface area contributed by atoms with E-state index in [4.69, 9.17) is 5.11 Å². The summed E-state index contributed by atoms with van der Waals surface area (Å²) >= 11 is 0. The van der Waals surface area contributed by atoms with Crippen molar-refractivity contribution in [3.05, 3.63) is 23.4 Å². The van der Waals surface area contributed by atoms with Crippen LogP contribution in [0.2, 0.25) is 0 Å². The lowest BCUT2D eigenvalue weighted by atomic mass is 10.2. The number of carboxylic acids is 1. The maximum Gasteiger partial charge on any atom is 0.338 e. The van der Waals surface area contributed by atoms with Crippen molar-refractivity contribution in [3.8, 4) is 0 Å². The molecule has 5 nitrogen and oxygen atoms in total. The molecule has 6 heteroatoms. The molecular weight excluding hydrogens is 230 g/mol. The number of carbonyl (C=O) groups is 1. The third-order valence-electron chi connectivity index (χ3n) is 2.46. The maximum atomic E-state index is 11.9. The lowest BCUT2D eigenvalue weighted by Crippen LogP contribution is -2.15. The summed E-state index contributed by atoms with van der Waals surface area (Å²) in [5.41, 5.74) is 0.265. The molecule has 1 N–H and O–H groups in total. The fourth-order valence-corrected chi connectivity index (χ4v) is 3.25. The van der Waals surface area contributed by atoms with Gasteiger partial charge in [0.25, 0.3) is 0 Å². The second kappa shape index (κ2) is 3.55. The minimum Gasteiger partial charge on any atom is -0.478 e. The molecule has 1 aliphatic carbocycles. The molecule has 0 amide bonds. The van der Waals surface area contributed by atoms with E-state index >= 15 is 0 Å². The van der Waals surface area contributed by atoms with Gasteiger partial charge < -0.3 is 5.11 Å². The number of aromatic carboxylic acids is 1. The fraction of sp³-hybridized carbons (Fsp3) is 0.400. The van der Waals surface area contributed by atoms with E-state index in [1.807, 2.05) is 0 Å². The number of rotatable bonds is 3. The molecule has 1 heterocycles. The molecule has 86 valence electrons. The van der Waals surface area contributed by atoms with Crippen molar-refractivity contribution in [1.29, 1.82) is 0 Å². The first-order chi connectivity index (χ1) is 7.43. The molecule has 1 aromatic heterocycles. The third-order valence-corrected chi connectivity index (χ3v) is 4.66. The second-order valence-electron chi connectivity index (χ2n) is 3.85. The van der Waals surface area contributed by atoms with Crippen LogP contribution in [0.1, 0.15) is 28.9 Å². The first-order valence-corrected chi connectivity index (χ1v) is 6.42. The summed E-state index contributed by atoms with van der Waals surface area (Å²) in [5.74, 6) is -1.26. The zero-order chi connectivity index (χ0) is 11.9. The number of hydrogen-bond acceptors (Lipinski definition) is 4. The Balaban J connectivity index is 2.62. The van der Waals surface area contributed by atoms with Crippen molar-refractivity contribution < 1.29 is 18.3 Å². The van der Waals surface area contributed by atoms with Gasteiger partial charge in [-0.3, -0.25) is 0 Å². The average Bonchev–Trinajstić information content (AvgIpc) is 3.00. The molecular formula is C10H11NO4S. The first kappa shape index (κ1) is 11.1. The number of aromatic nitrogens is 1.